The molecule has 0 amide bonds. The van der Waals surface area contributed by atoms with Gasteiger partial charge in [-0.1, -0.05) is 11.6 Å². The Balaban J connectivity index is 3.05. The molecule has 0 radical (unpaired) electrons. The van der Waals surface area contributed by atoms with Crippen molar-refractivity contribution in [3.8, 4) is 0 Å². The molecule has 62 valence electrons. The fraction of sp³-hybridized carbons (Fsp3) is 0. The zero-order chi connectivity index (χ0) is 8.72. The van der Waals surface area contributed by atoms with Crippen molar-refractivity contribution in [2.24, 2.45) is 0 Å². The van der Waals surface area contributed by atoms with Crippen molar-refractivity contribution in [3.05, 3.63) is 22.0 Å². The quantitative estimate of drug-likeness (QED) is 0.427. The van der Waals surface area contributed by atoms with Gasteiger partial charge in [0, 0.05) is 0 Å². The highest BCUT2D eigenvalue weighted by Gasteiger charge is 2.07. The maximum atomic E-state index is 10.9. The molecular weight excluding hydrogens is 182 g/mol. The number of rotatable bonds is 0. The highest BCUT2D eigenvalue weighted by molar-refractivity contribution is 6.33. The summed E-state index contributed by atoms with van der Waals surface area (Å²) in [6.45, 7) is 0. The van der Waals surface area contributed by atoms with Gasteiger partial charge in [-0.25, -0.2) is 14.8 Å². The molecule has 0 atom stereocenters. The molecule has 0 aromatic carbocycles. The Morgan fingerprint density at radius 2 is 2.33 bits per heavy atom. The van der Waals surface area contributed by atoms with Crippen LogP contribution in [-0.2, 0) is 0 Å². The molecule has 2 aromatic rings. The summed E-state index contributed by atoms with van der Waals surface area (Å²) in [6, 6.07) is 0. The fourth-order valence-electron chi connectivity index (χ4n) is 0.909. The number of nitrogens with one attached hydrogen (secondary N) is 1. The van der Waals surface area contributed by atoms with E-state index in [1.807, 2.05) is 0 Å². The molecule has 0 spiro atoms. The molecule has 0 aliphatic heterocycles. The summed E-state index contributed by atoms with van der Waals surface area (Å²) in [5.74, 6) is 5.33. The van der Waals surface area contributed by atoms with E-state index in [0.29, 0.717) is 11.2 Å². The highest BCUT2D eigenvalue weighted by Crippen LogP contribution is 2.12. The molecule has 0 aliphatic carbocycles. The minimum absolute atomic E-state index is 0.182. The lowest BCUT2D eigenvalue weighted by Gasteiger charge is -1.91. The number of hydrogen-bond acceptors (Lipinski definition) is 4. The van der Waals surface area contributed by atoms with E-state index >= 15 is 0 Å². The van der Waals surface area contributed by atoms with E-state index in [4.69, 9.17) is 17.4 Å². The lowest BCUT2D eigenvalue weighted by molar-refractivity contribution is 0.949. The summed E-state index contributed by atoms with van der Waals surface area (Å²) in [5, 5.41) is 0.182. The highest BCUT2D eigenvalue weighted by atomic mass is 35.5. The molecule has 0 saturated heterocycles. The summed E-state index contributed by atoms with van der Waals surface area (Å²) in [6.07, 6.45) is 1.24. The number of aromatic amines is 1. The van der Waals surface area contributed by atoms with Crippen LogP contribution in [0.5, 0.6) is 0 Å². The van der Waals surface area contributed by atoms with Crippen molar-refractivity contribution in [1.29, 1.82) is 0 Å². The molecule has 0 fully saturated rings. The monoisotopic (exact) mass is 185 g/mol. The van der Waals surface area contributed by atoms with Gasteiger partial charge in [-0.05, 0) is 0 Å². The van der Waals surface area contributed by atoms with Gasteiger partial charge in [0.2, 0.25) is 0 Å². The van der Waals surface area contributed by atoms with Gasteiger partial charge >= 0.3 is 5.69 Å². The Morgan fingerprint density at radius 1 is 1.58 bits per heavy atom. The molecule has 2 rings (SSSR count). The molecule has 3 N–H and O–H groups in total. The molecule has 6 nitrogen and oxygen atoms in total. The van der Waals surface area contributed by atoms with Crippen molar-refractivity contribution in [1.82, 2.24) is 19.6 Å². The Bertz CT molecular complexity index is 486. The fourth-order valence-corrected chi connectivity index (χ4v) is 1.08. The van der Waals surface area contributed by atoms with Gasteiger partial charge < -0.3 is 10.8 Å². The first-order valence-electron chi connectivity index (χ1n) is 3.06. The second kappa shape index (κ2) is 2.21. The van der Waals surface area contributed by atoms with Crippen LogP contribution >= 0.6 is 11.6 Å². The smallest absolute Gasteiger partial charge is 0.333 e. The summed E-state index contributed by atoms with van der Waals surface area (Å²) in [5.41, 5.74) is 0.180. The number of nitrogens with two attached hydrogens (primary N) is 1. The standard InChI is InChI=1S/C5H4ClN5O/c6-3-2-4(9-1-8-3)11(7)5(12)10-2/h1H,7H2,(H,10,12). The summed E-state index contributed by atoms with van der Waals surface area (Å²) in [7, 11) is 0. The molecule has 12 heavy (non-hydrogen) atoms. The van der Waals surface area contributed by atoms with Crippen LogP contribution in [0.4, 0.5) is 0 Å². The molecule has 2 aromatic heterocycles. The topological polar surface area (TPSA) is 89.6 Å². The minimum atomic E-state index is -0.465. The van der Waals surface area contributed by atoms with Gasteiger partial charge in [-0.15, -0.1) is 0 Å². The zero-order valence-corrected chi connectivity index (χ0v) is 6.54. The van der Waals surface area contributed by atoms with Crippen molar-refractivity contribution in [3.63, 3.8) is 0 Å². The minimum Gasteiger partial charge on any atom is -0.333 e. The molecule has 0 saturated carbocycles. The van der Waals surface area contributed by atoms with Gasteiger partial charge in [0.15, 0.2) is 10.8 Å². The van der Waals surface area contributed by atoms with E-state index in [-0.39, 0.29) is 5.15 Å². The van der Waals surface area contributed by atoms with Gasteiger partial charge in [0.1, 0.15) is 11.8 Å². The number of fused-ring (bicyclic) bond motifs is 1. The normalized spacial score (nSPS) is 10.8. The van der Waals surface area contributed by atoms with Gasteiger partial charge in [0.05, 0.1) is 0 Å². The Hall–Kier alpha value is -1.56. The maximum Gasteiger partial charge on any atom is 0.346 e. The van der Waals surface area contributed by atoms with Gasteiger partial charge in [-0.3, -0.25) is 0 Å². The third-order valence-electron chi connectivity index (χ3n) is 1.46. The number of nitrogen functional groups attached to an aromatic ring is 1. The molecule has 0 unspecified atom stereocenters. The lowest BCUT2D eigenvalue weighted by Crippen LogP contribution is -2.24. The third-order valence-corrected chi connectivity index (χ3v) is 1.75. The number of nitrogens with zero attached hydrogens (tertiary/aromatic N) is 3. The average molecular weight is 186 g/mol. The predicted molar refractivity (Wildman–Crippen MR) is 43.3 cm³/mol. The largest absolute Gasteiger partial charge is 0.346 e. The summed E-state index contributed by atoms with van der Waals surface area (Å²) < 4.78 is 0.878. The van der Waals surface area contributed by atoms with Crippen LogP contribution in [0.15, 0.2) is 11.1 Å². The maximum absolute atomic E-state index is 10.9. The molecule has 0 bridgehead atoms. The van der Waals surface area contributed by atoms with E-state index < -0.39 is 5.69 Å². The number of halogens is 1. The lowest BCUT2D eigenvalue weighted by atomic mass is 10.6. The van der Waals surface area contributed by atoms with Gasteiger partial charge in [0.25, 0.3) is 0 Å². The molecular formula is C5H4ClN5O. The van der Waals surface area contributed by atoms with Gasteiger partial charge in [-0.2, -0.15) is 4.68 Å². The van der Waals surface area contributed by atoms with Crippen LogP contribution in [0.1, 0.15) is 0 Å². The average Bonchev–Trinajstić information content (AvgIpc) is 2.32. The van der Waals surface area contributed by atoms with E-state index in [9.17, 15) is 4.79 Å². The number of aromatic nitrogens is 4. The first kappa shape index (κ1) is 7.11. The van der Waals surface area contributed by atoms with Crippen molar-refractivity contribution >= 4 is 22.8 Å². The second-order valence-corrected chi connectivity index (χ2v) is 2.52. The van der Waals surface area contributed by atoms with Crippen LogP contribution in [0.2, 0.25) is 5.15 Å². The van der Waals surface area contributed by atoms with Crippen LogP contribution in [0, 0.1) is 0 Å². The number of hydrogen-bond donors (Lipinski definition) is 2. The SMILES string of the molecule is Nn1c(=O)[nH]c2c(Cl)ncnc21. The van der Waals surface area contributed by atoms with E-state index in [0.717, 1.165) is 4.68 Å². The number of H-pyrrole nitrogens is 1. The van der Waals surface area contributed by atoms with E-state index in [2.05, 4.69) is 15.0 Å². The van der Waals surface area contributed by atoms with Crippen molar-refractivity contribution in [2.45, 2.75) is 0 Å². The van der Waals surface area contributed by atoms with Crippen LogP contribution < -0.4 is 11.5 Å². The molecule has 7 heteroatoms. The van der Waals surface area contributed by atoms with Crippen molar-refractivity contribution < 1.29 is 0 Å². The molecule has 2 heterocycles. The van der Waals surface area contributed by atoms with E-state index in [1.54, 1.807) is 0 Å². The Labute approximate surface area is 71.0 Å². The van der Waals surface area contributed by atoms with Crippen molar-refractivity contribution in [2.75, 3.05) is 5.84 Å². The zero-order valence-electron chi connectivity index (χ0n) is 5.78. The van der Waals surface area contributed by atoms with Crippen LogP contribution in [0.3, 0.4) is 0 Å². The predicted octanol–water partition coefficient (Wildman–Crippen LogP) is -0.513. The second-order valence-electron chi connectivity index (χ2n) is 2.16. The first-order chi connectivity index (χ1) is 5.70. The summed E-state index contributed by atoms with van der Waals surface area (Å²) >= 11 is 5.65. The van der Waals surface area contributed by atoms with Crippen LogP contribution in [0.25, 0.3) is 11.2 Å². The molecule has 0 aliphatic rings. The van der Waals surface area contributed by atoms with E-state index in [1.165, 1.54) is 6.33 Å². The number of imidazole rings is 1. The van der Waals surface area contributed by atoms with Crippen LogP contribution in [-0.4, -0.2) is 19.6 Å². The Kier molecular flexibility index (Phi) is 1.31. The summed E-state index contributed by atoms with van der Waals surface area (Å²) in [4.78, 5) is 20.8. The third kappa shape index (κ3) is 0.782. The first-order valence-corrected chi connectivity index (χ1v) is 3.44. The Morgan fingerprint density at radius 3 is 3.00 bits per heavy atom.